The Hall–Kier alpha value is -2.54. The zero-order valence-electron chi connectivity index (χ0n) is 13.9. The molecule has 1 aliphatic rings. The van der Waals surface area contributed by atoms with Crippen LogP contribution < -0.4 is 4.90 Å². The van der Waals surface area contributed by atoms with E-state index in [1.165, 1.54) is 12.1 Å². The van der Waals surface area contributed by atoms with E-state index in [0.29, 0.717) is 23.9 Å². The van der Waals surface area contributed by atoms with Crippen LogP contribution in [0.15, 0.2) is 51.5 Å². The Balaban J connectivity index is 1.59. The molecule has 0 bridgehead atoms. The maximum absolute atomic E-state index is 13.6. The molecule has 1 atom stereocenters. The third-order valence-electron chi connectivity index (χ3n) is 4.46. The van der Waals surface area contributed by atoms with Crippen LogP contribution in [0.1, 0.15) is 23.8 Å². The zero-order valence-corrected chi connectivity index (χ0v) is 15.5. The number of carbonyl (C=O) groups is 1. The summed E-state index contributed by atoms with van der Waals surface area (Å²) in [4.78, 5) is 18.5. The van der Waals surface area contributed by atoms with Gasteiger partial charge in [0.25, 0.3) is 0 Å². The lowest BCUT2D eigenvalue weighted by Crippen LogP contribution is -2.25. The normalized spacial score (nSPS) is 17.1. The van der Waals surface area contributed by atoms with E-state index in [4.69, 9.17) is 4.52 Å². The Bertz CT molecular complexity index is 988. The molecular weight excluding hydrogens is 401 g/mol. The number of hydrogen-bond donors (Lipinski definition) is 0. The molecule has 1 unspecified atom stereocenters. The van der Waals surface area contributed by atoms with Gasteiger partial charge in [-0.05, 0) is 36.8 Å². The highest BCUT2D eigenvalue weighted by Gasteiger charge is 2.35. The van der Waals surface area contributed by atoms with Crippen LogP contribution in [0.2, 0.25) is 0 Å². The average molecular weight is 416 g/mol. The predicted octanol–water partition coefficient (Wildman–Crippen LogP) is 4.47. The van der Waals surface area contributed by atoms with Crippen molar-refractivity contribution in [3.8, 4) is 11.4 Å². The van der Waals surface area contributed by atoms with E-state index < -0.39 is 0 Å². The highest BCUT2D eigenvalue weighted by molar-refractivity contribution is 9.10. The van der Waals surface area contributed by atoms with Gasteiger partial charge < -0.3 is 9.42 Å². The molecule has 1 fully saturated rings. The molecule has 1 amide bonds. The van der Waals surface area contributed by atoms with Crippen molar-refractivity contribution in [1.82, 2.24) is 10.1 Å². The Morgan fingerprint density at radius 3 is 2.92 bits per heavy atom. The van der Waals surface area contributed by atoms with Gasteiger partial charge in [0.05, 0.1) is 5.92 Å². The summed E-state index contributed by atoms with van der Waals surface area (Å²) in [7, 11) is 0. The molecule has 0 spiro atoms. The van der Waals surface area contributed by atoms with Crippen LogP contribution in [0.5, 0.6) is 0 Å². The smallest absolute Gasteiger partial charge is 0.232 e. The van der Waals surface area contributed by atoms with Crippen LogP contribution in [0.25, 0.3) is 11.4 Å². The molecule has 7 heteroatoms. The maximum atomic E-state index is 13.6. The molecule has 0 saturated carbocycles. The first-order valence-corrected chi connectivity index (χ1v) is 8.96. The summed E-state index contributed by atoms with van der Waals surface area (Å²) in [5.41, 5.74) is 2.27. The number of aryl methyl sites for hydroxylation is 1. The fraction of sp³-hybridized carbons (Fsp3) is 0.211. The van der Waals surface area contributed by atoms with Crippen LogP contribution in [0.4, 0.5) is 10.1 Å². The van der Waals surface area contributed by atoms with Crippen LogP contribution >= 0.6 is 15.9 Å². The summed E-state index contributed by atoms with van der Waals surface area (Å²) in [6.07, 6.45) is 0.260. The van der Waals surface area contributed by atoms with E-state index in [0.717, 1.165) is 15.6 Å². The monoisotopic (exact) mass is 415 g/mol. The molecule has 1 aliphatic heterocycles. The molecule has 0 N–H and O–H groups in total. The average Bonchev–Trinajstić information content (AvgIpc) is 3.24. The first-order chi connectivity index (χ1) is 12.5. The molecule has 2 aromatic carbocycles. The highest BCUT2D eigenvalue weighted by atomic mass is 79.9. The van der Waals surface area contributed by atoms with Gasteiger partial charge in [-0.25, -0.2) is 4.39 Å². The molecule has 5 nitrogen and oxygen atoms in total. The number of nitrogens with zero attached hydrogens (tertiary/aromatic N) is 3. The minimum absolute atomic E-state index is 0.0779. The van der Waals surface area contributed by atoms with Gasteiger partial charge in [0.15, 0.2) is 0 Å². The topological polar surface area (TPSA) is 59.2 Å². The summed E-state index contributed by atoms with van der Waals surface area (Å²) in [6.45, 7) is 2.25. The number of benzene rings is 2. The molecule has 0 radical (unpaired) electrons. The van der Waals surface area contributed by atoms with Crippen molar-refractivity contribution in [1.29, 1.82) is 0 Å². The third kappa shape index (κ3) is 3.14. The van der Waals surface area contributed by atoms with Crippen molar-refractivity contribution in [2.75, 3.05) is 11.4 Å². The summed E-state index contributed by atoms with van der Waals surface area (Å²) >= 11 is 3.42. The molecule has 1 saturated heterocycles. The van der Waals surface area contributed by atoms with Crippen LogP contribution in [-0.4, -0.2) is 22.6 Å². The van der Waals surface area contributed by atoms with Crippen LogP contribution in [-0.2, 0) is 4.79 Å². The van der Waals surface area contributed by atoms with Gasteiger partial charge >= 0.3 is 0 Å². The first kappa shape index (κ1) is 16.9. The van der Waals surface area contributed by atoms with E-state index in [9.17, 15) is 9.18 Å². The summed E-state index contributed by atoms with van der Waals surface area (Å²) < 4.78 is 19.9. The van der Waals surface area contributed by atoms with Gasteiger partial charge in [-0.2, -0.15) is 4.98 Å². The molecule has 4 rings (SSSR count). The predicted molar refractivity (Wildman–Crippen MR) is 98.3 cm³/mol. The minimum Gasteiger partial charge on any atom is -0.339 e. The third-order valence-corrected chi connectivity index (χ3v) is 4.95. The molecular formula is C19H15BrFN3O2. The number of hydrogen-bond acceptors (Lipinski definition) is 4. The number of rotatable bonds is 3. The maximum Gasteiger partial charge on any atom is 0.232 e. The molecule has 26 heavy (non-hydrogen) atoms. The van der Waals surface area contributed by atoms with E-state index >= 15 is 0 Å². The Kier molecular flexibility index (Phi) is 4.32. The van der Waals surface area contributed by atoms with Crippen molar-refractivity contribution in [3.63, 3.8) is 0 Å². The molecule has 132 valence electrons. The lowest BCUT2D eigenvalue weighted by Gasteiger charge is -2.18. The molecule has 1 aromatic heterocycles. The van der Waals surface area contributed by atoms with Gasteiger partial charge in [0.1, 0.15) is 5.82 Å². The van der Waals surface area contributed by atoms with Gasteiger partial charge in [-0.15, -0.1) is 0 Å². The second kappa shape index (κ2) is 6.64. The van der Waals surface area contributed by atoms with E-state index in [1.807, 2.05) is 31.2 Å². The Labute approximate surface area is 158 Å². The fourth-order valence-electron chi connectivity index (χ4n) is 3.13. The standard InChI is InChI=1S/C19H15BrFN3O2/c1-11-5-6-15(21)9-16(11)24-10-13(8-17(24)25)19-22-18(23-26-19)12-3-2-4-14(20)7-12/h2-7,9,13H,8,10H2,1H3. The number of aromatic nitrogens is 2. The van der Waals surface area contributed by atoms with Gasteiger partial charge in [-0.3, -0.25) is 4.79 Å². The van der Waals surface area contributed by atoms with Crippen LogP contribution in [0.3, 0.4) is 0 Å². The van der Waals surface area contributed by atoms with Crippen molar-refractivity contribution >= 4 is 27.5 Å². The lowest BCUT2D eigenvalue weighted by atomic mass is 10.1. The molecule has 2 heterocycles. The second-order valence-electron chi connectivity index (χ2n) is 6.30. The van der Waals surface area contributed by atoms with E-state index in [-0.39, 0.29) is 24.1 Å². The summed E-state index contributed by atoms with van der Waals surface area (Å²) in [6, 6.07) is 12.0. The quantitative estimate of drug-likeness (QED) is 0.633. The van der Waals surface area contributed by atoms with Crippen molar-refractivity contribution in [3.05, 3.63) is 64.2 Å². The zero-order chi connectivity index (χ0) is 18.3. The van der Waals surface area contributed by atoms with Gasteiger partial charge in [0, 0.05) is 28.7 Å². The molecule has 3 aromatic rings. The lowest BCUT2D eigenvalue weighted by molar-refractivity contribution is -0.117. The fourth-order valence-corrected chi connectivity index (χ4v) is 3.52. The van der Waals surface area contributed by atoms with Gasteiger partial charge in [-0.1, -0.05) is 39.3 Å². The van der Waals surface area contributed by atoms with E-state index in [1.54, 1.807) is 11.0 Å². The number of anilines is 1. The second-order valence-corrected chi connectivity index (χ2v) is 7.22. The number of amides is 1. The Morgan fingerprint density at radius 1 is 1.27 bits per heavy atom. The largest absolute Gasteiger partial charge is 0.339 e. The highest BCUT2D eigenvalue weighted by Crippen LogP contribution is 2.34. The van der Waals surface area contributed by atoms with Gasteiger partial charge in [0.2, 0.25) is 17.6 Å². The Morgan fingerprint density at radius 2 is 2.12 bits per heavy atom. The SMILES string of the molecule is Cc1ccc(F)cc1N1CC(c2nc(-c3cccc(Br)c3)no2)CC1=O. The van der Waals surface area contributed by atoms with Crippen molar-refractivity contribution in [2.24, 2.45) is 0 Å². The minimum atomic E-state index is -0.364. The van der Waals surface area contributed by atoms with Crippen molar-refractivity contribution in [2.45, 2.75) is 19.3 Å². The van der Waals surface area contributed by atoms with Crippen LogP contribution in [0, 0.1) is 12.7 Å². The number of carbonyl (C=O) groups excluding carboxylic acids is 1. The first-order valence-electron chi connectivity index (χ1n) is 8.17. The molecule has 0 aliphatic carbocycles. The summed E-state index contributed by atoms with van der Waals surface area (Å²) in [5.74, 6) is 0.250. The summed E-state index contributed by atoms with van der Waals surface area (Å²) in [5, 5.41) is 4.03. The van der Waals surface area contributed by atoms with Crippen molar-refractivity contribution < 1.29 is 13.7 Å². The van der Waals surface area contributed by atoms with E-state index in [2.05, 4.69) is 26.1 Å². The number of halogens is 2.